The number of hydrogen-bond donors (Lipinski definition) is 0. The van der Waals surface area contributed by atoms with Crippen molar-refractivity contribution in [2.45, 2.75) is 13.0 Å². The number of likely N-dealkylation sites (N-methyl/N-ethyl adjacent to an activating group) is 1. The summed E-state index contributed by atoms with van der Waals surface area (Å²) < 4.78 is 5.82. The third-order valence-corrected chi connectivity index (χ3v) is 3.75. The lowest BCUT2D eigenvalue weighted by molar-refractivity contribution is 0.334. The summed E-state index contributed by atoms with van der Waals surface area (Å²) in [7, 11) is 2.12. The van der Waals surface area contributed by atoms with Crippen LogP contribution in [0.1, 0.15) is 16.9 Å². The Labute approximate surface area is 118 Å². The average molecular weight is 284 g/mol. The van der Waals surface area contributed by atoms with Gasteiger partial charge in [-0.3, -0.25) is 0 Å². The fraction of sp³-hybridized carbons (Fsp3) is 0.286. The van der Waals surface area contributed by atoms with Crippen molar-refractivity contribution in [3.63, 3.8) is 0 Å². The van der Waals surface area contributed by atoms with Crippen molar-refractivity contribution in [2.24, 2.45) is 0 Å². The SMILES string of the molecule is C=Cc1oc2ccc(Cl)c3c2c1CN(C)CC3.Cl. The van der Waals surface area contributed by atoms with E-state index in [2.05, 4.69) is 18.5 Å². The Bertz CT molecular complexity index is 603. The van der Waals surface area contributed by atoms with Crippen molar-refractivity contribution in [1.29, 1.82) is 0 Å². The molecule has 0 amide bonds. The second-order valence-corrected chi connectivity index (χ2v) is 4.94. The third-order valence-electron chi connectivity index (χ3n) is 3.39. The molecule has 0 spiro atoms. The van der Waals surface area contributed by atoms with Gasteiger partial charge in [-0.2, -0.15) is 0 Å². The van der Waals surface area contributed by atoms with Gasteiger partial charge in [-0.05, 0) is 37.2 Å². The molecule has 0 saturated heterocycles. The number of benzene rings is 1. The molecule has 1 aliphatic rings. The Balaban J connectivity index is 0.00000120. The molecule has 1 aromatic heterocycles. The Morgan fingerprint density at radius 3 is 2.89 bits per heavy atom. The molecule has 2 aromatic rings. The maximum Gasteiger partial charge on any atom is 0.135 e. The topological polar surface area (TPSA) is 16.4 Å². The van der Waals surface area contributed by atoms with Crippen molar-refractivity contribution < 1.29 is 4.42 Å². The van der Waals surface area contributed by atoms with Crippen LogP contribution in [-0.2, 0) is 13.0 Å². The van der Waals surface area contributed by atoms with Gasteiger partial charge in [-0.15, -0.1) is 12.4 Å². The second-order valence-electron chi connectivity index (χ2n) is 4.54. The first-order valence-corrected chi connectivity index (χ1v) is 6.12. The molecule has 18 heavy (non-hydrogen) atoms. The van der Waals surface area contributed by atoms with Gasteiger partial charge < -0.3 is 9.32 Å². The summed E-state index contributed by atoms with van der Waals surface area (Å²) in [6, 6.07) is 3.87. The number of rotatable bonds is 1. The van der Waals surface area contributed by atoms with Gasteiger partial charge in [0, 0.05) is 29.1 Å². The third kappa shape index (κ3) is 1.95. The van der Waals surface area contributed by atoms with Gasteiger partial charge in [0.25, 0.3) is 0 Å². The van der Waals surface area contributed by atoms with Gasteiger partial charge in [0.1, 0.15) is 11.3 Å². The molecule has 3 rings (SSSR count). The zero-order valence-electron chi connectivity index (χ0n) is 10.2. The summed E-state index contributed by atoms with van der Waals surface area (Å²) in [4.78, 5) is 2.29. The van der Waals surface area contributed by atoms with Gasteiger partial charge in [-0.25, -0.2) is 0 Å². The molecule has 1 aliphatic heterocycles. The molecule has 0 unspecified atom stereocenters. The van der Waals surface area contributed by atoms with Crippen molar-refractivity contribution in [3.8, 4) is 0 Å². The van der Waals surface area contributed by atoms with Crippen LogP contribution in [-0.4, -0.2) is 18.5 Å². The van der Waals surface area contributed by atoms with Crippen molar-refractivity contribution in [3.05, 3.63) is 40.6 Å². The first-order valence-electron chi connectivity index (χ1n) is 5.74. The van der Waals surface area contributed by atoms with Crippen LogP contribution in [0.3, 0.4) is 0 Å². The van der Waals surface area contributed by atoms with Crippen LogP contribution >= 0.6 is 24.0 Å². The van der Waals surface area contributed by atoms with E-state index in [1.807, 2.05) is 12.1 Å². The molecular formula is C14H15Cl2NO. The molecule has 0 fully saturated rings. The van der Waals surface area contributed by atoms with E-state index in [1.165, 1.54) is 16.5 Å². The minimum Gasteiger partial charge on any atom is -0.456 e. The highest BCUT2D eigenvalue weighted by Crippen LogP contribution is 2.36. The zero-order chi connectivity index (χ0) is 12.0. The quantitative estimate of drug-likeness (QED) is 0.782. The normalized spacial score (nSPS) is 15.2. The largest absolute Gasteiger partial charge is 0.456 e. The summed E-state index contributed by atoms with van der Waals surface area (Å²) in [5, 5.41) is 2.03. The van der Waals surface area contributed by atoms with E-state index in [0.29, 0.717) is 0 Å². The molecule has 0 radical (unpaired) electrons. The second kappa shape index (κ2) is 4.96. The standard InChI is InChI=1S/C14H14ClNO.ClH/c1-3-12-10-8-16(2)7-6-9-11(15)4-5-13(17-12)14(9)10;/h3-5H,1,6-8H2,2H3;1H. The molecule has 0 saturated carbocycles. The number of halogens is 2. The van der Waals surface area contributed by atoms with Crippen LogP contribution in [0.15, 0.2) is 23.1 Å². The monoisotopic (exact) mass is 283 g/mol. The highest BCUT2D eigenvalue weighted by molar-refractivity contribution is 6.32. The lowest BCUT2D eigenvalue weighted by atomic mass is 10.0. The predicted molar refractivity (Wildman–Crippen MR) is 78.6 cm³/mol. The summed E-state index contributed by atoms with van der Waals surface area (Å²) in [5.41, 5.74) is 3.34. The van der Waals surface area contributed by atoms with Crippen molar-refractivity contribution in [2.75, 3.05) is 13.6 Å². The number of hydrogen-bond acceptors (Lipinski definition) is 2. The molecule has 1 aromatic carbocycles. The first kappa shape index (κ1) is 13.5. The highest BCUT2D eigenvalue weighted by atomic mass is 35.5. The molecule has 0 N–H and O–H groups in total. The minimum absolute atomic E-state index is 0. The molecule has 96 valence electrons. The smallest absolute Gasteiger partial charge is 0.135 e. The molecule has 2 nitrogen and oxygen atoms in total. The maximum absolute atomic E-state index is 6.30. The molecule has 2 heterocycles. The highest BCUT2D eigenvalue weighted by Gasteiger charge is 2.21. The predicted octanol–water partition coefficient (Wildman–Crippen LogP) is 4.14. The fourth-order valence-corrected chi connectivity index (χ4v) is 2.79. The van der Waals surface area contributed by atoms with Gasteiger partial charge in [0.15, 0.2) is 0 Å². The minimum atomic E-state index is 0. The summed E-state index contributed by atoms with van der Waals surface area (Å²) in [5.74, 6) is 0.872. The van der Waals surface area contributed by atoms with Crippen LogP contribution in [0.5, 0.6) is 0 Å². The van der Waals surface area contributed by atoms with E-state index in [1.54, 1.807) is 6.08 Å². The molecule has 4 heteroatoms. The van der Waals surface area contributed by atoms with Crippen LogP contribution in [0.2, 0.25) is 5.02 Å². The van der Waals surface area contributed by atoms with Crippen LogP contribution < -0.4 is 0 Å². The summed E-state index contributed by atoms with van der Waals surface area (Å²) >= 11 is 6.30. The molecule has 0 bridgehead atoms. The van der Waals surface area contributed by atoms with E-state index < -0.39 is 0 Å². The Morgan fingerprint density at radius 2 is 2.17 bits per heavy atom. The summed E-state index contributed by atoms with van der Waals surface area (Å²) in [6.45, 7) is 5.73. The first-order chi connectivity index (χ1) is 8.20. The number of nitrogens with zero attached hydrogens (tertiary/aromatic N) is 1. The van der Waals surface area contributed by atoms with Crippen molar-refractivity contribution in [1.82, 2.24) is 4.90 Å². The molecular weight excluding hydrogens is 269 g/mol. The van der Waals surface area contributed by atoms with Gasteiger partial charge in [0.2, 0.25) is 0 Å². The van der Waals surface area contributed by atoms with E-state index in [9.17, 15) is 0 Å². The molecule has 0 aliphatic carbocycles. The molecule has 0 atom stereocenters. The Hall–Kier alpha value is -0.960. The maximum atomic E-state index is 6.30. The van der Waals surface area contributed by atoms with Crippen LogP contribution in [0, 0.1) is 0 Å². The number of furan rings is 1. The average Bonchev–Trinajstić information content (AvgIpc) is 2.56. The van der Waals surface area contributed by atoms with E-state index in [0.717, 1.165) is 35.9 Å². The van der Waals surface area contributed by atoms with Gasteiger partial charge in [-0.1, -0.05) is 18.2 Å². The lowest BCUT2D eigenvalue weighted by Gasteiger charge is -2.12. The van der Waals surface area contributed by atoms with E-state index in [4.69, 9.17) is 16.0 Å². The van der Waals surface area contributed by atoms with E-state index in [-0.39, 0.29) is 12.4 Å². The van der Waals surface area contributed by atoms with Crippen LogP contribution in [0.25, 0.3) is 17.0 Å². The summed E-state index contributed by atoms with van der Waals surface area (Å²) in [6.07, 6.45) is 2.75. The van der Waals surface area contributed by atoms with Gasteiger partial charge in [0.05, 0.1) is 0 Å². The fourth-order valence-electron chi connectivity index (χ4n) is 2.54. The Kier molecular flexibility index (Phi) is 3.71. The van der Waals surface area contributed by atoms with E-state index >= 15 is 0 Å². The van der Waals surface area contributed by atoms with Crippen LogP contribution in [0.4, 0.5) is 0 Å². The Morgan fingerprint density at radius 1 is 1.39 bits per heavy atom. The van der Waals surface area contributed by atoms with Crippen molar-refractivity contribution >= 4 is 41.1 Å². The lowest BCUT2D eigenvalue weighted by Crippen LogP contribution is -2.18. The van der Waals surface area contributed by atoms with Gasteiger partial charge >= 0.3 is 0 Å². The zero-order valence-corrected chi connectivity index (χ0v) is 11.8.